The van der Waals surface area contributed by atoms with Crippen molar-refractivity contribution >= 4 is 0 Å². The van der Waals surface area contributed by atoms with Crippen molar-refractivity contribution < 1.29 is 0 Å². The van der Waals surface area contributed by atoms with Crippen LogP contribution in [0.3, 0.4) is 0 Å². The van der Waals surface area contributed by atoms with Gasteiger partial charge in [0.15, 0.2) is 0 Å². The van der Waals surface area contributed by atoms with Crippen molar-refractivity contribution in [3.8, 4) is 46.5 Å². The van der Waals surface area contributed by atoms with Crippen LogP contribution in [0.5, 0.6) is 0 Å². The summed E-state index contributed by atoms with van der Waals surface area (Å²) in [5.74, 6) is 12.7. The predicted octanol–water partition coefficient (Wildman–Crippen LogP) is 6.62. The van der Waals surface area contributed by atoms with Crippen molar-refractivity contribution in [1.82, 2.24) is 15.0 Å². The number of aromatic nitrogens is 3. The van der Waals surface area contributed by atoms with Gasteiger partial charge in [0.2, 0.25) is 0 Å². The van der Waals surface area contributed by atoms with Crippen LogP contribution < -0.4 is 0 Å². The zero-order valence-electron chi connectivity index (χ0n) is 20.2. The van der Waals surface area contributed by atoms with E-state index < -0.39 is 0 Å². The first-order valence-electron chi connectivity index (χ1n) is 11.7. The number of benzene rings is 2. The highest BCUT2D eigenvalue weighted by molar-refractivity contribution is 5.62. The highest BCUT2D eigenvalue weighted by atomic mass is 14.8. The fourth-order valence-corrected chi connectivity index (χ4v) is 3.52. The lowest BCUT2D eigenvalue weighted by Crippen LogP contribution is -1.92. The Morgan fingerprint density at radius 3 is 1.19 bits per heavy atom. The fourth-order valence-electron chi connectivity index (χ4n) is 3.52. The van der Waals surface area contributed by atoms with Crippen molar-refractivity contribution in [2.24, 2.45) is 0 Å². The molecule has 5 rings (SSSR count). The summed E-state index contributed by atoms with van der Waals surface area (Å²) >= 11 is 0. The minimum absolute atomic E-state index is 0.788. The number of rotatable bonds is 2. The van der Waals surface area contributed by atoms with Gasteiger partial charge in [-0.15, -0.1) is 0 Å². The van der Waals surface area contributed by atoms with Gasteiger partial charge in [0.05, 0.1) is 22.8 Å². The summed E-state index contributed by atoms with van der Waals surface area (Å²) in [4.78, 5) is 13.9. The molecule has 0 aliphatic rings. The molecule has 170 valence electrons. The molecule has 0 saturated carbocycles. The van der Waals surface area contributed by atoms with Gasteiger partial charge in [-0.05, 0) is 74.5 Å². The summed E-state index contributed by atoms with van der Waals surface area (Å²) < 4.78 is 0. The summed E-state index contributed by atoms with van der Waals surface area (Å²) in [5.41, 5.74) is 9.29. The second kappa shape index (κ2) is 10.5. The van der Waals surface area contributed by atoms with Crippen molar-refractivity contribution in [3.63, 3.8) is 0 Å². The Labute approximate surface area is 212 Å². The van der Waals surface area contributed by atoms with E-state index in [0.717, 1.165) is 45.0 Å². The van der Waals surface area contributed by atoms with Gasteiger partial charge < -0.3 is 0 Å². The van der Waals surface area contributed by atoms with E-state index >= 15 is 0 Å². The third-order valence-electron chi connectivity index (χ3n) is 5.61. The molecule has 0 saturated heterocycles. The first-order valence-corrected chi connectivity index (χ1v) is 11.7. The van der Waals surface area contributed by atoms with E-state index in [-0.39, 0.29) is 0 Å². The van der Waals surface area contributed by atoms with Crippen LogP contribution in [0.1, 0.15) is 33.4 Å². The smallest absolute Gasteiger partial charge is 0.0894 e. The minimum Gasteiger partial charge on any atom is -0.253 e. The molecule has 2 aromatic carbocycles. The van der Waals surface area contributed by atoms with Crippen LogP contribution in [0.4, 0.5) is 0 Å². The SMILES string of the molecule is Cc1ccc(C#Cc2ccc(-c3cccc(-c4ccc(C#Cc5ccc(C)cc5)cn4)n3)nc2)cc1. The fraction of sp³-hybridized carbons (Fsp3) is 0.0606. The summed E-state index contributed by atoms with van der Waals surface area (Å²) in [6.07, 6.45) is 3.56. The lowest BCUT2D eigenvalue weighted by Gasteiger charge is -2.04. The maximum absolute atomic E-state index is 4.78. The Bertz CT molecular complexity index is 1490. The number of hydrogen-bond acceptors (Lipinski definition) is 3. The van der Waals surface area contributed by atoms with Gasteiger partial charge in [-0.2, -0.15) is 0 Å². The largest absolute Gasteiger partial charge is 0.253 e. The second-order valence-corrected chi connectivity index (χ2v) is 8.50. The van der Waals surface area contributed by atoms with E-state index in [1.807, 2.05) is 66.7 Å². The van der Waals surface area contributed by atoms with Crippen LogP contribution in [0.2, 0.25) is 0 Å². The molecule has 0 fully saturated rings. The Hall–Kier alpha value is -4.99. The molecule has 0 bridgehead atoms. The molecular weight excluding hydrogens is 438 g/mol. The van der Waals surface area contributed by atoms with Gasteiger partial charge in [-0.1, -0.05) is 65.1 Å². The molecule has 0 unspecified atom stereocenters. The number of nitrogens with zero attached hydrogens (tertiary/aromatic N) is 3. The normalized spacial score (nSPS) is 10.1. The molecule has 0 spiro atoms. The van der Waals surface area contributed by atoms with Gasteiger partial charge in [0.25, 0.3) is 0 Å². The Morgan fingerprint density at radius 1 is 0.417 bits per heavy atom. The van der Waals surface area contributed by atoms with Crippen LogP contribution in [0.15, 0.2) is 103 Å². The Balaban J connectivity index is 1.31. The van der Waals surface area contributed by atoms with E-state index in [0.29, 0.717) is 0 Å². The van der Waals surface area contributed by atoms with Crippen LogP contribution in [0, 0.1) is 37.5 Å². The van der Waals surface area contributed by atoms with Gasteiger partial charge >= 0.3 is 0 Å². The zero-order valence-corrected chi connectivity index (χ0v) is 20.2. The number of pyridine rings is 3. The van der Waals surface area contributed by atoms with Gasteiger partial charge in [0.1, 0.15) is 0 Å². The van der Waals surface area contributed by atoms with Crippen molar-refractivity contribution in [1.29, 1.82) is 0 Å². The minimum atomic E-state index is 0.788. The first-order chi connectivity index (χ1) is 17.6. The molecule has 3 nitrogen and oxygen atoms in total. The molecule has 3 heterocycles. The Kier molecular flexibility index (Phi) is 6.65. The van der Waals surface area contributed by atoms with Gasteiger partial charge in [-0.25, -0.2) is 4.98 Å². The number of hydrogen-bond donors (Lipinski definition) is 0. The Morgan fingerprint density at radius 2 is 0.806 bits per heavy atom. The van der Waals surface area contributed by atoms with E-state index in [4.69, 9.17) is 4.98 Å². The van der Waals surface area contributed by atoms with E-state index in [9.17, 15) is 0 Å². The molecular formula is C33H23N3. The molecule has 3 heteroatoms. The standard InChI is InChI=1S/C33H23N3/c1-24-6-10-26(11-7-24)14-16-28-18-20-30(34-22-28)32-4-3-5-33(36-32)31-21-19-29(23-35-31)17-15-27-12-8-25(2)9-13-27/h3-13,18-23H,1-2H3. The summed E-state index contributed by atoms with van der Waals surface area (Å²) in [6.45, 7) is 4.13. The second-order valence-electron chi connectivity index (χ2n) is 8.50. The number of aryl methyl sites for hydroxylation is 2. The lowest BCUT2D eigenvalue weighted by molar-refractivity contribution is 1.21. The average Bonchev–Trinajstić information content (AvgIpc) is 2.93. The van der Waals surface area contributed by atoms with Crippen LogP contribution in [-0.4, -0.2) is 15.0 Å². The van der Waals surface area contributed by atoms with E-state index in [2.05, 4.69) is 71.8 Å². The molecule has 36 heavy (non-hydrogen) atoms. The molecule has 0 radical (unpaired) electrons. The highest BCUT2D eigenvalue weighted by Crippen LogP contribution is 2.20. The lowest BCUT2D eigenvalue weighted by atomic mass is 10.1. The van der Waals surface area contributed by atoms with Gasteiger partial charge in [-0.3, -0.25) is 9.97 Å². The molecule has 0 aliphatic carbocycles. The molecule has 0 atom stereocenters. The third kappa shape index (κ3) is 5.73. The summed E-state index contributed by atoms with van der Waals surface area (Å²) in [7, 11) is 0. The molecule has 0 N–H and O–H groups in total. The van der Waals surface area contributed by atoms with Crippen LogP contribution in [-0.2, 0) is 0 Å². The maximum Gasteiger partial charge on any atom is 0.0894 e. The molecule has 3 aromatic heterocycles. The maximum atomic E-state index is 4.78. The summed E-state index contributed by atoms with van der Waals surface area (Å²) in [5, 5.41) is 0. The van der Waals surface area contributed by atoms with Crippen LogP contribution in [0.25, 0.3) is 22.8 Å². The average molecular weight is 462 g/mol. The summed E-state index contributed by atoms with van der Waals surface area (Å²) in [6, 6.07) is 30.0. The van der Waals surface area contributed by atoms with E-state index in [1.165, 1.54) is 11.1 Å². The molecule has 0 aliphatic heterocycles. The van der Waals surface area contributed by atoms with Gasteiger partial charge in [0, 0.05) is 34.6 Å². The van der Waals surface area contributed by atoms with Crippen molar-refractivity contribution in [2.45, 2.75) is 13.8 Å². The monoisotopic (exact) mass is 461 g/mol. The predicted molar refractivity (Wildman–Crippen MR) is 145 cm³/mol. The quantitative estimate of drug-likeness (QED) is 0.277. The third-order valence-corrected chi connectivity index (χ3v) is 5.61. The van der Waals surface area contributed by atoms with E-state index in [1.54, 1.807) is 12.4 Å². The zero-order chi connectivity index (χ0) is 24.7. The molecule has 0 amide bonds. The molecule has 5 aromatic rings. The topological polar surface area (TPSA) is 38.7 Å². The highest BCUT2D eigenvalue weighted by Gasteiger charge is 2.06. The first kappa shape index (κ1) is 22.8. The van der Waals surface area contributed by atoms with Crippen molar-refractivity contribution in [2.75, 3.05) is 0 Å². The van der Waals surface area contributed by atoms with Crippen LogP contribution >= 0.6 is 0 Å². The van der Waals surface area contributed by atoms with Crippen molar-refractivity contribution in [3.05, 3.63) is 137 Å².